The highest BCUT2D eigenvalue weighted by molar-refractivity contribution is 5.76. The topological polar surface area (TPSA) is 77.6 Å². The van der Waals surface area contributed by atoms with E-state index in [-0.39, 0.29) is 11.6 Å². The zero-order valence-corrected chi connectivity index (χ0v) is 17.9. The van der Waals surface area contributed by atoms with Crippen LogP contribution in [0.2, 0.25) is 0 Å². The Morgan fingerprint density at radius 1 is 0.970 bits per heavy atom. The summed E-state index contributed by atoms with van der Waals surface area (Å²) in [5, 5.41) is 8.37. The van der Waals surface area contributed by atoms with Crippen molar-refractivity contribution in [3.63, 3.8) is 0 Å². The number of anilines is 2. The molecule has 1 aliphatic carbocycles. The molecule has 0 saturated heterocycles. The minimum Gasteiger partial charge on any atom is -0.324 e. The average molecular weight is 435 g/mol. The molecule has 5 aromatic rings. The van der Waals surface area contributed by atoms with Crippen LogP contribution in [0.1, 0.15) is 30.0 Å². The van der Waals surface area contributed by atoms with Crippen molar-refractivity contribution < 1.29 is 0 Å². The Labute approximate surface area is 190 Å². The fourth-order valence-corrected chi connectivity index (χ4v) is 4.64. The number of rotatable bonds is 4. The number of aromatic nitrogens is 5. The number of benzene rings is 2. The third kappa shape index (κ3) is 3.57. The predicted octanol–water partition coefficient (Wildman–Crippen LogP) is 4.65. The van der Waals surface area contributed by atoms with Crippen LogP contribution in [0, 0.1) is 0 Å². The zero-order chi connectivity index (χ0) is 22.2. The normalized spacial score (nSPS) is 15.3. The maximum atomic E-state index is 13.0. The van der Waals surface area contributed by atoms with E-state index in [4.69, 9.17) is 4.98 Å². The van der Waals surface area contributed by atoms with Gasteiger partial charge in [0.25, 0.3) is 5.56 Å². The Morgan fingerprint density at radius 3 is 2.70 bits per heavy atom. The molecular weight excluding hydrogens is 412 g/mol. The molecule has 0 radical (unpaired) electrons. The molecule has 0 aliphatic heterocycles. The Bertz CT molecular complexity index is 1490. The van der Waals surface area contributed by atoms with E-state index >= 15 is 0 Å². The van der Waals surface area contributed by atoms with E-state index < -0.39 is 0 Å². The third-order valence-electron chi connectivity index (χ3n) is 6.21. The first-order valence-corrected chi connectivity index (χ1v) is 11.1. The van der Waals surface area contributed by atoms with Crippen molar-refractivity contribution in [2.24, 2.45) is 0 Å². The number of hydrogen-bond acceptors (Lipinski definition) is 5. The Balaban J connectivity index is 1.38. The van der Waals surface area contributed by atoms with E-state index in [1.807, 2.05) is 47.2 Å². The largest absolute Gasteiger partial charge is 0.324 e. The first kappa shape index (κ1) is 19.4. The van der Waals surface area contributed by atoms with E-state index in [9.17, 15) is 4.79 Å². The van der Waals surface area contributed by atoms with Gasteiger partial charge in [-0.1, -0.05) is 24.3 Å². The van der Waals surface area contributed by atoms with Crippen molar-refractivity contribution >= 4 is 22.7 Å². The molecule has 33 heavy (non-hydrogen) atoms. The molecule has 1 unspecified atom stereocenters. The fourth-order valence-electron chi connectivity index (χ4n) is 4.64. The van der Waals surface area contributed by atoms with Crippen LogP contribution >= 0.6 is 0 Å². The van der Waals surface area contributed by atoms with Gasteiger partial charge in [-0.15, -0.1) is 0 Å². The van der Waals surface area contributed by atoms with Gasteiger partial charge in [0.05, 0.1) is 11.7 Å². The minimum absolute atomic E-state index is 0.0257. The van der Waals surface area contributed by atoms with Crippen molar-refractivity contribution in [1.82, 2.24) is 24.3 Å². The number of hydrogen-bond donors (Lipinski definition) is 1. The van der Waals surface area contributed by atoms with Gasteiger partial charge in [0.1, 0.15) is 5.65 Å². The quantitative estimate of drug-likeness (QED) is 0.446. The highest BCUT2D eigenvalue weighted by atomic mass is 16.1. The summed E-state index contributed by atoms with van der Waals surface area (Å²) in [4.78, 5) is 22.3. The molecular formula is C26H22N6O. The summed E-state index contributed by atoms with van der Waals surface area (Å²) < 4.78 is 3.64. The fraction of sp³-hybridized carbons (Fsp3) is 0.154. The summed E-state index contributed by atoms with van der Waals surface area (Å²) in [6.07, 6.45) is 8.42. The second-order valence-corrected chi connectivity index (χ2v) is 8.24. The predicted molar refractivity (Wildman–Crippen MR) is 128 cm³/mol. The van der Waals surface area contributed by atoms with Crippen molar-refractivity contribution in [3.05, 3.63) is 107 Å². The highest BCUT2D eigenvalue weighted by Gasteiger charge is 2.24. The van der Waals surface area contributed by atoms with Crippen LogP contribution in [0.15, 0.2) is 90.1 Å². The van der Waals surface area contributed by atoms with Gasteiger partial charge in [0, 0.05) is 35.7 Å². The molecule has 0 spiro atoms. The van der Waals surface area contributed by atoms with Crippen molar-refractivity contribution in [2.75, 3.05) is 5.32 Å². The minimum atomic E-state index is -0.0440. The summed E-state index contributed by atoms with van der Waals surface area (Å²) in [6.45, 7) is 0. The van der Waals surface area contributed by atoms with E-state index in [0.29, 0.717) is 11.6 Å². The molecule has 2 aromatic carbocycles. The second kappa shape index (κ2) is 8.02. The SMILES string of the molecule is O=c1ccc2cnc(Nc3ccc(-n4cccn4)cc3)nc2n1C1CCCc2ccccc21. The highest BCUT2D eigenvalue weighted by Crippen LogP contribution is 2.33. The number of nitrogens with zero attached hydrogens (tertiary/aromatic N) is 5. The Kier molecular flexibility index (Phi) is 4.72. The van der Waals surface area contributed by atoms with Crippen LogP contribution in [-0.4, -0.2) is 24.3 Å². The molecule has 1 atom stereocenters. The first-order valence-electron chi connectivity index (χ1n) is 11.1. The summed E-state index contributed by atoms with van der Waals surface area (Å²) in [7, 11) is 0. The maximum absolute atomic E-state index is 13.0. The van der Waals surface area contributed by atoms with Crippen LogP contribution in [0.5, 0.6) is 0 Å². The van der Waals surface area contributed by atoms with Gasteiger partial charge in [-0.05, 0) is 66.8 Å². The molecule has 162 valence electrons. The summed E-state index contributed by atoms with van der Waals surface area (Å²) in [5.41, 5.74) is 4.95. The molecule has 7 nitrogen and oxygen atoms in total. The van der Waals surface area contributed by atoms with E-state index in [1.165, 1.54) is 11.1 Å². The lowest BCUT2D eigenvalue weighted by molar-refractivity contribution is 0.488. The average Bonchev–Trinajstić information content (AvgIpc) is 3.39. The van der Waals surface area contributed by atoms with Crippen LogP contribution in [0.3, 0.4) is 0 Å². The van der Waals surface area contributed by atoms with Gasteiger partial charge in [-0.25, -0.2) is 9.67 Å². The number of aryl methyl sites for hydroxylation is 1. The van der Waals surface area contributed by atoms with Gasteiger partial charge in [-0.3, -0.25) is 9.36 Å². The van der Waals surface area contributed by atoms with Gasteiger partial charge in [0.15, 0.2) is 0 Å². The van der Waals surface area contributed by atoms with E-state index in [2.05, 4.69) is 33.6 Å². The molecule has 7 heteroatoms. The molecule has 0 saturated carbocycles. The van der Waals surface area contributed by atoms with E-state index in [1.54, 1.807) is 29.2 Å². The zero-order valence-electron chi connectivity index (χ0n) is 17.9. The lowest BCUT2D eigenvalue weighted by Crippen LogP contribution is -2.28. The molecule has 0 fully saturated rings. The number of nitrogens with one attached hydrogen (secondary N) is 1. The number of fused-ring (bicyclic) bond motifs is 2. The van der Waals surface area contributed by atoms with Crippen LogP contribution in [-0.2, 0) is 6.42 Å². The molecule has 6 rings (SSSR count). The van der Waals surface area contributed by atoms with Gasteiger partial charge in [-0.2, -0.15) is 10.1 Å². The van der Waals surface area contributed by atoms with Crippen molar-refractivity contribution in [1.29, 1.82) is 0 Å². The smallest absolute Gasteiger partial charge is 0.252 e. The second-order valence-electron chi connectivity index (χ2n) is 8.24. The number of pyridine rings is 1. The van der Waals surface area contributed by atoms with Gasteiger partial charge < -0.3 is 5.32 Å². The molecule has 1 aliphatic rings. The standard InChI is InChI=1S/C26H22N6O/c33-24-14-9-19-17-27-26(29-20-10-12-21(13-11-20)31-16-4-15-28-31)30-25(19)32(24)23-8-3-6-18-5-1-2-7-22(18)23/h1-2,4-5,7,9-17,23H,3,6,8H2,(H,27,29,30). The molecule has 0 bridgehead atoms. The lowest BCUT2D eigenvalue weighted by atomic mass is 9.87. The van der Waals surface area contributed by atoms with Crippen LogP contribution in [0.4, 0.5) is 11.6 Å². The van der Waals surface area contributed by atoms with Gasteiger partial charge >= 0.3 is 0 Å². The van der Waals surface area contributed by atoms with Crippen LogP contribution in [0.25, 0.3) is 16.7 Å². The molecule has 1 N–H and O–H groups in total. The molecule has 0 amide bonds. The summed E-state index contributed by atoms with van der Waals surface area (Å²) in [5.74, 6) is 0.456. The first-order chi connectivity index (χ1) is 16.3. The van der Waals surface area contributed by atoms with Gasteiger partial charge in [0.2, 0.25) is 5.95 Å². The third-order valence-corrected chi connectivity index (χ3v) is 6.21. The Morgan fingerprint density at radius 2 is 1.85 bits per heavy atom. The summed E-state index contributed by atoms with van der Waals surface area (Å²) in [6, 6.07) is 21.5. The molecule has 3 aromatic heterocycles. The van der Waals surface area contributed by atoms with Crippen LogP contribution < -0.4 is 10.9 Å². The Hall–Kier alpha value is -4.26. The van der Waals surface area contributed by atoms with Crippen molar-refractivity contribution in [3.8, 4) is 5.69 Å². The lowest BCUT2D eigenvalue weighted by Gasteiger charge is -2.28. The molecule has 3 heterocycles. The summed E-state index contributed by atoms with van der Waals surface area (Å²) >= 11 is 0. The van der Waals surface area contributed by atoms with E-state index in [0.717, 1.165) is 36.0 Å². The van der Waals surface area contributed by atoms with Crippen molar-refractivity contribution in [2.45, 2.75) is 25.3 Å². The monoisotopic (exact) mass is 434 g/mol. The maximum Gasteiger partial charge on any atom is 0.252 e.